The number of carbonyl (C=O) groups is 1. The summed E-state index contributed by atoms with van der Waals surface area (Å²) in [6.07, 6.45) is 1.11. The lowest BCUT2D eigenvalue weighted by Gasteiger charge is -2.26. The molecule has 1 aromatic heterocycles. The van der Waals surface area contributed by atoms with Crippen LogP contribution in [-0.4, -0.2) is 37.4 Å². The van der Waals surface area contributed by atoms with Gasteiger partial charge < -0.3 is 20.1 Å². The quantitative estimate of drug-likeness (QED) is 0.846. The number of fused-ring (bicyclic) bond motifs is 2. The van der Waals surface area contributed by atoms with Crippen LogP contribution in [0.25, 0.3) is 0 Å². The first-order chi connectivity index (χ1) is 12.7. The van der Waals surface area contributed by atoms with Gasteiger partial charge in [0, 0.05) is 31.1 Å². The van der Waals surface area contributed by atoms with Crippen LogP contribution in [0.3, 0.4) is 0 Å². The van der Waals surface area contributed by atoms with E-state index in [0.717, 1.165) is 43.1 Å². The van der Waals surface area contributed by atoms with Gasteiger partial charge in [-0.3, -0.25) is 4.90 Å². The number of nitrogens with zero attached hydrogens (tertiary/aromatic N) is 1. The van der Waals surface area contributed by atoms with Crippen LogP contribution in [0.1, 0.15) is 29.0 Å². The molecule has 2 aliphatic heterocycles. The second kappa shape index (κ2) is 7.55. The zero-order chi connectivity index (χ0) is 17.9. The first-order valence-electron chi connectivity index (χ1n) is 8.90. The van der Waals surface area contributed by atoms with Gasteiger partial charge in [0.05, 0.1) is 6.04 Å². The number of carbonyl (C=O) groups excluding carboxylic acids is 1. The van der Waals surface area contributed by atoms with E-state index in [0.29, 0.717) is 6.54 Å². The van der Waals surface area contributed by atoms with Crippen molar-refractivity contribution in [2.45, 2.75) is 25.9 Å². The summed E-state index contributed by atoms with van der Waals surface area (Å²) in [5.41, 5.74) is 2.42. The van der Waals surface area contributed by atoms with Crippen LogP contribution in [0.4, 0.5) is 4.79 Å². The standard InChI is InChI=1S/C19H23N3O3S/c1-13(14-2-3-16-17(10-14)25-12-24-16)21-19(23)20-6-8-22-7-4-18-15(11-22)5-9-26-18/h2-3,5,9-10,13H,4,6-8,11-12H2,1H3,(H2,20,21,23). The maximum atomic E-state index is 12.2. The van der Waals surface area contributed by atoms with E-state index >= 15 is 0 Å². The van der Waals surface area contributed by atoms with Crippen molar-refractivity contribution in [3.05, 3.63) is 45.6 Å². The summed E-state index contributed by atoms with van der Waals surface area (Å²) in [6.45, 7) is 5.75. The predicted octanol–water partition coefficient (Wildman–Crippen LogP) is 2.90. The van der Waals surface area contributed by atoms with Crippen molar-refractivity contribution in [2.75, 3.05) is 26.4 Å². The van der Waals surface area contributed by atoms with E-state index in [1.165, 1.54) is 10.4 Å². The summed E-state index contributed by atoms with van der Waals surface area (Å²) >= 11 is 1.85. The molecule has 138 valence electrons. The number of hydrogen-bond donors (Lipinski definition) is 2. The molecule has 1 unspecified atom stereocenters. The maximum Gasteiger partial charge on any atom is 0.315 e. The van der Waals surface area contributed by atoms with Gasteiger partial charge in [0.1, 0.15) is 0 Å². The molecule has 3 heterocycles. The van der Waals surface area contributed by atoms with E-state index in [9.17, 15) is 4.79 Å². The molecular formula is C19H23N3O3S. The van der Waals surface area contributed by atoms with Gasteiger partial charge in [-0.05, 0) is 48.1 Å². The van der Waals surface area contributed by atoms with Crippen LogP contribution < -0.4 is 20.1 Å². The lowest BCUT2D eigenvalue weighted by Crippen LogP contribution is -2.42. The van der Waals surface area contributed by atoms with Crippen LogP contribution in [0.15, 0.2) is 29.6 Å². The molecule has 0 saturated heterocycles. The Hall–Kier alpha value is -2.25. The third-order valence-corrected chi connectivity index (χ3v) is 5.87. The molecule has 2 aliphatic rings. The fourth-order valence-corrected chi connectivity index (χ4v) is 4.23. The first kappa shape index (κ1) is 17.2. The molecule has 6 nitrogen and oxygen atoms in total. The highest BCUT2D eigenvalue weighted by Crippen LogP contribution is 2.34. The third kappa shape index (κ3) is 3.78. The molecule has 0 bridgehead atoms. The number of amides is 2. The highest BCUT2D eigenvalue weighted by atomic mass is 32.1. The van der Waals surface area contributed by atoms with Crippen LogP contribution in [0.2, 0.25) is 0 Å². The minimum Gasteiger partial charge on any atom is -0.454 e. The smallest absolute Gasteiger partial charge is 0.315 e. The third-order valence-electron chi connectivity index (χ3n) is 4.84. The molecule has 1 aromatic carbocycles. The molecule has 26 heavy (non-hydrogen) atoms. The lowest BCUT2D eigenvalue weighted by atomic mass is 10.1. The molecule has 4 rings (SSSR count). The molecule has 0 aliphatic carbocycles. The van der Waals surface area contributed by atoms with Crippen molar-refractivity contribution >= 4 is 17.4 Å². The second-order valence-corrected chi connectivity index (χ2v) is 7.63. The number of hydrogen-bond acceptors (Lipinski definition) is 5. The van der Waals surface area contributed by atoms with Gasteiger partial charge >= 0.3 is 6.03 Å². The van der Waals surface area contributed by atoms with E-state index < -0.39 is 0 Å². The number of rotatable bonds is 5. The molecule has 0 saturated carbocycles. The molecule has 0 radical (unpaired) electrons. The molecule has 0 fully saturated rings. The van der Waals surface area contributed by atoms with Gasteiger partial charge in [-0.2, -0.15) is 0 Å². The number of nitrogens with one attached hydrogen (secondary N) is 2. The van der Waals surface area contributed by atoms with Crippen molar-refractivity contribution in [1.82, 2.24) is 15.5 Å². The Kier molecular flexibility index (Phi) is 4.99. The fraction of sp³-hybridized carbons (Fsp3) is 0.421. The largest absolute Gasteiger partial charge is 0.454 e. The molecule has 2 aromatic rings. The van der Waals surface area contributed by atoms with Gasteiger partial charge in [0.2, 0.25) is 6.79 Å². The van der Waals surface area contributed by atoms with Gasteiger partial charge in [-0.15, -0.1) is 11.3 Å². The Morgan fingerprint density at radius 3 is 3.12 bits per heavy atom. The van der Waals surface area contributed by atoms with Crippen LogP contribution >= 0.6 is 11.3 Å². The van der Waals surface area contributed by atoms with Gasteiger partial charge in [-0.25, -0.2) is 4.79 Å². The summed E-state index contributed by atoms with van der Waals surface area (Å²) < 4.78 is 10.7. The minimum absolute atomic E-state index is 0.104. The SMILES string of the molecule is CC(NC(=O)NCCN1CCc2sccc2C1)c1ccc2c(c1)OCO2. The second-order valence-electron chi connectivity index (χ2n) is 6.63. The van der Waals surface area contributed by atoms with E-state index in [-0.39, 0.29) is 18.9 Å². The predicted molar refractivity (Wildman–Crippen MR) is 101 cm³/mol. The lowest BCUT2D eigenvalue weighted by molar-refractivity contribution is 0.174. The van der Waals surface area contributed by atoms with Crippen LogP contribution in [0.5, 0.6) is 11.5 Å². The zero-order valence-corrected chi connectivity index (χ0v) is 15.6. The Bertz CT molecular complexity index is 792. The van der Waals surface area contributed by atoms with Crippen molar-refractivity contribution < 1.29 is 14.3 Å². The molecule has 7 heteroatoms. The number of ether oxygens (including phenoxy) is 2. The summed E-state index contributed by atoms with van der Waals surface area (Å²) in [7, 11) is 0. The molecule has 1 atom stereocenters. The van der Waals surface area contributed by atoms with Crippen molar-refractivity contribution in [3.63, 3.8) is 0 Å². The summed E-state index contributed by atoms with van der Waals surface area (Å²) in [5.74, 6) is 1.48. The summed E-state index contributed by atoms with van der Waals surface area (Å²) in [4.78, 5) is 16.1. The van der Waals surface area contributed by atoms with Crippen molar-refractivity contribution in [3.8, 4) is 11.5 Å². The van der Waals surface area contributed by atoms with E-state index in [1.54, 1.807) is 0 Å². The molecule has 2 N–H and O–H groups in total. The van der Waals surface area contributed by atoms with E-state index in [2.05, 4.69) is 27.0 Å². The van der Waals surface area contributed by atoms with Crippen molar-refractivity contribution in [2.24, 2.45) is 0 Å². The highest BCUT2D eigenvalue weighted by molar-refractivity contribution is 7.10. The highest BCUT2D eigenvalue weighted by Gasteiger charge is 2.18. The average molecular weight is 373 g/mol. The first-order valence-corrected chi connectivity index (χ1v) is 9.78. The molecular weight excluding hydrogens is 350 g/mol. The Balaban J connectivity index is 1.22. The Morgan fingerprint density at radius 2 is 2.19 bits per heavy atom. The molecule has 0 spiro atoms. The number of thiophene rings is 1. The summed E-state index contributed by atoms with van der Waals surface area (Å²) in [5, 5.41) is 8.09. The van der Waals surface area contributed by atoms with Gasteiger partial charge in [0.15, 0.2) is 11.5 Å². The van der Waals surface area contributed by atoms with Crippen LogP contribution in [-0.2, 0) is 13.0 Å². The maximum absolute atomic E-state index is 12.2. The average Bonchev–Trinajstić information content (AvgIpc) is 3.29. The monoisotopic (exact) mass is 373 g/mol. The van der Waals surface area contributed by atoms with Crippen LogP contribution in [0, 0.1) is 0 Å². The Morgan fingerprint density at radius 1 is 1.31 bits per heavy atom. The van der Waals surface area contributed by atoms with E-state index in [1.807, 2.05) is 36.5 Å². The normalized spacial score (nSPS) is 16.8. The minimum atomic E-state index is -0.150. The zero-order valence-electron chi connectivity index (χ0n) is 14.8. The molecule has 2 amide bonds. The van der Waals surface area contributed by atoms with E-state index in [4.69, 9.17) is 9.47 Å². The number of urea groups is 1. The Labute approximate surface area is 157 Å². The van der Waals surface area contributed by atoms with Crippen molar-refractivity contribution in [1.29, 1.82) is 0 Å². The number of benzene rings is 1. The fourth-order valence-electron chi connectivity index (χ4n) is 3.34. The van der Waals surface area contributed by atoms with Gasteiger partial charge in [-0.1, -0.05) is 6.07 Å². The van der Waals surface area contributed by atoms with Gasteiger partial charge in [0.25, 0.3) is 0 Å². The summed E-state index contributed by atoms with van der Waals surface area (Å²) in [6, 6.07) is 7.70. The topological polar surface area (TPSA) is 62.8 Å².